The number of nitrogens with one attached hydrogen (secondary N) is 3. The van der Waals surface area contributed by atoms with Crippen LogP contribution < -0.4 is 10.0 Å². The largest absolute Gasteiger partial charge is 0.760 e. The summed E-state index contributed by atoms with van der Waals surface area (Å²) in [7, 11) is 0. The third-order valence-electron chi connectivity index (χ3n) is 3.12. The van der Waals surface area contributed by atoms with Crippen molar-refractivity contribution in [1.29, 1.82) is 0 Å². The molecule has 2 unspecified atom stereocenters. The molecule has 7 nitrogen and oxygen atoms in total. The Labute approximate surface area is 132 Å². The van der Waals surface area contributed by atoms with Crippen LogP contribution in [0.15, 0.2) is 24.5 Å². The molecule has 23 heavy (non-hydrogen) atoms. The number of H-pyrrole nitrogens is 1. The van der Waals surface area contributed by atoms with Gasteiger partial charge in [-0.3, -0.25) is 14.1 Å². The van der Waals surface area contributed by atoms with Gasteiger partial charge in [0.2, 0.25) is 0 Å². The molecule has 0 spiro atoms. The van der Waals surface area contributed by atoms with E-state index in [1.807, 2.05) is 4.72 Å². The van der Waals surface area contributed by atoms with Crippen LogP contribution in [0.4, 0.5) is 8.78 Å². The molecule has 0 aliphatic carbocycles. The van der Waals surface area contributed by atoms with E-state index in [0.717, 1.165) is 12.1 Å². The highest BCUT2D eigenvalue weighted by Crippen LogP contribution is 2.21. The fourth-order valence-electron chi connectivity index (χ4n) is 1.94. The average molecular weight is 343 g/mol. The van der Waals surface area contributed by atoms with Crippen LogP contribution in [-0.4, -0.2) is 24.9 Å². The summed E-state index contributed by atoms with van der Waals surface area (Å²) in [6.07, 6.45) is 2.67. The maximum Gasteiger partial charge on any atom is 0.254 e. The molecule has 2 rings (SSSR count). The normalized spacial score (nSPS) is 13.6. The second-order valence-corrected chi connectivity index (χ2v) is 5.46. The Morgan fingerprint density at radius 2 is 2.17 bits per heavy atom. The first-order valence-corrected chi connectivity index (χ1v) is 7.56. The Hall–Kier alpha value is -2.17. The highest BCUT2D eigenvalue weighted by Gasteiger charge is 2.18. The van der Waals surface area contributed by atoms with Crippen molar-refractivity contribution < 1.29 is 22.3 Å². The van der Waals surface area contributed by atoms with Crippen LogP contribution in [0.5, 0.6) is 0 Å². The molecule has 0 radical (unpaired) electrons. The predicted octanol–water partition coefficient (Wildman–Crippen LogP) is 1.06. The number of carbonyl (C=O) groups excluding carboxylic acids is 1. The molecular formula is C13H13F2N4O3S-. The minimum atomic E-state index is -2.58. The highest BCUT2D eigenvalue weighted by atomic mass is 32.2. The molecule has 0 bridgehead atoms. The third-order valence-corrected chi connectivity index (χ3v) is 3.50. The van der Waals surface area contributed by atoms with Gasteiger partial charge in [-0.25, -0.2) is 13.5 Å². The van der Waals surface area contributed by atoms with Crippen LogP contribution in [0.2, 0.25) is 0 Å². The summed E-state index contributed by atoms with van der Waals surface area (Å²) < 4.78 is 50.7. The molecule has 0 saturated carbocycles. The van der Waals surface area contributed by atoms with Crippen LogP contribution in [0.3, 0.4) is 0 Å². The van der Waals surface area contributed by atoms with Crippen molar-refractivity contribution in [1.82, 2.24) is 20.2 Å². The van der Waals surface area contributed by atoms with Gasteiger partial charge in [0.05, 0.1) is 17.8 Å². The van der Waals surface area contributed by atoms with E-state index in [1.54, 1.807) is 0 Å². The van der Waals surface area contributed by atoms with Crippen molar-refractivity contribution >= 4 is 17.2 Å². The van der Waals surface area contributed by atoms with Crippen LogP contribution in [0.25, 0.3) is 0 Å². The summed E-state index contributed by atoms with van der Waals surface area (Å²) in [4.78, 5) is 11.9. The van der Waals surface area contributed by atoms with Crippen LogP contribution in [-0.2, 0) is 17.8 Å². The molecule has 0 fully saturated rings. The monoisotopic (exact) mass is 343 g/mol. The molecule has 1 heterocycles. The number of benzene rings is 1. The van der Waals surface area contributed by atoms with Gasteiger partial charge in [-0.1, -0.05) is 0 Å². The lowest BCUT2D eigenvalue weighted by Crippen LogP contribution is -2.27. The summed E-state index contributed by atoms with van der Waals surface area (Å²) >= 11 is -2.58. The first-order chi connectivity index (χ1) is 10.9. The molecule has 124 valence electrons. The molecule has 1 aromatic carbocycles. The average Bonchev–Trinajstić information content (AvgIpc) is 3.01. The van der Waals surface area contributed by atoms with Gasteiger partial charge in [-0.15, -0.1) is 0 Å². The lowest BCUT2D eigenvalue weighted by molar-refractivity contribution is 0.0939. The number of carbonyl (C=O) groups is 1. The number of aromatic nitrogens is 2. The first kappa shape index (κ1) is 17.2. The van der Waals surface area contributed by atoms with Crippen LogP contribution >= 0.6 is 0 Å². The second kappa shape index (κ2) is 7.40. The fourth-order valence-corrected chi connectivity index (χ4v) is 2.21. The minimum Gasteiger partial charge on any atom is -0.760 e. The zero-order valence-electron chi connectivity index (χ0n) is 11.9. The third kappa shape index (κ3) is 4.41. The lowest BCUT2D eigenvalue weighted by atomic mass is 10.0. The SMILES string of the molecule is CC(NC(=O)c1cn[nH]c1)c1cc(F)c(CNS(=O)[O-])cc1F. The quantitative estimate of drug-likeness (QED) is 0.681. The molecule has 10 heteroatoms. The van der Waals surface area contributed by atoms with Crippen LogP contribution in [0.1, 0.15) is 34.5 Å². The number of rotatable bonds is 6. The molecular weight excluding hydrogens is 330 g/mol. The molecule has 1 aromatic heterocycles. The predicted molar refractivity (Wildman–Crippen MR) is 76.6 cm³/mol. The fraction of sp³-hybridized carbons (Fsp3) is 0.231. The van der Waals surface area contributed by atoms with E-state index in [9.17, 15) is 22.3 Å². The molecule has 0 aliphatic rings. The van der Waals surface area contributed by atoms with Gasteiger partial charge in [-0.2, -0.15) is 5.10 Å². The van der Waals surface area contributed by atoms with E-state index in [4.69, 9.17) is 0 Å². The molecule has 1 amide bonds. The smallest absolute Gasteiger partial charge is 0.254 e. The van der Waals surface area contributed by atoms with Crippen molar-refractivity contribution in [3.8, 4) is 0 Å². The number of hydrogen-bond acceptors (Lipinski definition) is 4. The maximum atomic E-state index is 14.1. The summed E-state index contributed by atoms with van der Waals surface area (Å²) in [6.45, 7) is 1.13. The highest BCUT2D eigenvalue weighted by molar-refractivity contribution is 7.77. The van der Waals surface area contributed by atoms with Gasteiger partial charge in [0.25, 0.3) is 5.91 Å². The van der Waals surface area contributed by atoms with Crippen molar-refractivity contribution in [2.45, 2.75) is 19.5 Å². The Balaban J connectivity index is 2.14. The minimum absolute atomic E-state index is 0.0497. The Bertz CT molecular complexity index is 724. The van der Waals surface area contributed by atoms with E-state index in [-0.39, 0.29) is 23.2 Å². The zero-order valence-corrected chi connectivity index (χ0v) is 12.7. The van der Waals surface area contributed by atoms with E-state index >= 15 is 0 Å². The number of aromatic amines is 1. The summed E-state index contributed by atoms with van der Waals surface area (Å²) in [5, 5.41) is 8.61. The van der Waals surface area contributed by atoms with E-state index in [0.29, 0.717) is 0 Å². The van der Waals surface area contributed by atoms with Crippen molar-refractivity contribution in [2.75, 3.05) is 0 Å². The molecule has 2 aromatic rings. The van der Waals surface area contributed by atoms with Gasteiger partial charge >= 0.3 is 0 Å². The van der Waals surface area contributed by atoms with Gasteiger partial charge in [0.1, 0.15) is 11.6 Å². The molecule has 0 saturated heterocycles. The number of nitrogens with zero attached hydrogens (tertiary/aromatic N) is 1. The van der Waals surface area contributed by atoms with Gasteiger partial charge in [0.15, 0.2) is 0 Å². The van der Waals surface area contributed by atoms with Gasteiger partial charge in [-0.05, 0) is 19.1 Å². The summed E-state index contributed by atoms with van der Waals surface area (Å²) in [5.41, 5.74) is 0.0756. The summed E-state index contributed by atoms with van der Waals surface area (Å²) in [6, 6.07) is 1.04. The van der Waals surface area contributed by atoms with E-state index < -0.39 is 34.8 Å². The topological polar surface area (TPSA) is 110 Å². The standard InChI is InChI=1S/C13H14F2N4O3S/c1-7(19-13(20)9-4-16-17-5-9)10-3-11(14)8(2-12(10)15)6-18-23(21)22/h2-5,7,18H,6H2,1H3,(H,16,17)(H,19,20)(H,21,22)/p-1. The number of amides is 1. The van der Waals surface area contributed by atoms with Crippen molar-refractivity contribution in [3.63, 3.8) is 0 Å². The molecule has 3 N–H and O–H groups in total. The Morgan fingerprint density at radius 1 is 1.43 bits per heavy atom. The van der Waals surface area contributed by atoms with E-state index in [1.165, 1.54) is 19.3 Å². The Morgan fingerprint density at radius 3 is 2.78 bits per heavy atom. The molecule has 2 atom stereocenters. The van der Waals surface area contributed by atoms with Crippen molar-refractivity contribution in [3.05, 3.63) is 52.9 Å². The van der Waals surface area contributed by atoms with Gasteiger partial charge < -0.3 is 9.87 Å². The van der Waals surface area contributed by atoms with Crippen molar-refractivity contribution in [2.24, 2.45) is 0 Å². The number of hydrogen-bond donors (Lipinski definition) is 3. The van der Waals surface area contributed by atoms with E-state index in [2.05, 4.69) is 15.5 Å². The van der Waals surface area contributed by atoms with Crippen LogP contribution in [0, 0.1) is 11.6 Å². The maximum absolute atomic E-state index is 14.1. The first-order valence-electron chi connectivity index (χ1n) is 6.48. The number of halogens is 2. The molecule has 0 aliphatic heterocycles. The zero-order chi connectivity index (χ0) is 17.0. The lowest BCUT2D eigenvalue weighted by Gasteiger charge is -2.16. The van der Waals surface area contributed by atoms with Gasteiger partial charge in [0, 0.05) is 35.1 Å². The second-order valence-electron chi connectivity index (χ2n) is 4.70. The Kier molecular flexibility index (Phi) is 5.53. The summed E-state index contributed by atoms with van der Waals surface area (Å²) in [5.74, 6) is -2.01.